The first-order valence-corrected chi connectivity index (χ1v) is 11.0. The lowest BCUT2D eigenvalue weighted by atomic mass is 10.1. The van der Waals surface area contributed by atoms with E-state index >= 15 is 0 Å². The minimum absolute atomic E-state index is 0.108. The third-order valence-corrected chi connectivity index (χ3v) is 5.87. The Bertz CT molecular complexity index is 1260. The van der Waals surface area contributed by atoms with Crippen LogP contribution in [0.3, 0.4) is 0 Å². The molecule has 178 valence electrons. The Hall–Kier alpha value is -4.15. The van der Waals surface area contributed by atoms with Crippen LogP contribution in [0.15, 0.2) is 41.0 Å². The van der Waals surface area contributed by atoms with Crippen LogP contribution in [0.1, 0.15) is 39.9 Å². The molecule has 1 fully saturated rings. The number of para-hydroxylation sites is 1. The van der Waals surface area contributed by atoms with Gasteiger partial charge in [-0.2, -0.15) is 5.10 Å². The zero-order chi connectivity index (χ0) is 24.4. The highest BCUT2D eigenvalue weighted by Gasteiger charge is 2.41. The van der Waals surface area contributed by atoms with Gasteiger partial charge in [0.25, 0.3) is 11.8 Å². The normalized spacial score (nSPS) is 17.6. The van der Waals surface area contributed by atoms with Gasteiger partial charge in [0.15, 0.2) is 0 Å². The lowest BCUT2D eigenvalue weighted by Crippen LogP contribution is -2.47. The number of aromatic nitrogens is 2. The summed E-state index contributed by atoms with van der Waals surface area (Å²) < 4.78 is 6.99. The molecule has 3 aromatic rings. The minimum atomic E-state index is -0.899. The van der Waals surface area contributed by atoms with Crippen LogP contribution in [-0.4, -0.2) is 63.5 Å². The number of amides is 4. The fourth-order valence-electron chi connectivity index (χ4n) is 4.17. The molecule has 4 N–H and O–H groups in total. The van der Waals surface area contributed by atoms with Crippen LogP contribution in [-0.2, 0) is 23.1 Å². The molecule has 0 unspecified atom stereocenters. The van der Waals surface area contributed by atoms with Crippen molar-refractivity contribution in [3.63, 3.8) is 0 Å². The maximum absolute atomic E-state index is 13.4. The monoisotopic (exact) mass is 466 g/mol. The highest BCUT2D eigenvalue weighted by Crippen LogP contribution is 2.27. The Morgan fingerprint density at radius 2 is 2.00 bits per heavy atom. The first kappa shape index (κ1) is 23.0. The molecule has 34 heavy (non-hydrogen) atoms. The van der Waals surface area contributed by atoms with Crippen LogP contribution in [0.2, 0.25) is 0 Å². The number of carbonyl (C=O) groups is 4. The Morgan fingerprint density at radius 1 is 1.24 bits per heavy atom. The Balaban J connectivity index is 1.57. The maximum atomic E-state index is 13.4. The van der Waals surface area contributed by atoms with E-state index in [1.807, 2.05) is 6.92 Å². The molecule has 0 bridgehead atoms. The van der Waals surface area contributed by atoms with Crippen LogP contribution in [0.25, 0.3) is 11.0 Å². The van der Waals surface area contributed by atoms with Gasteiger partial charge < -0.3 is 25.7 Å². The molecule has 2 atom stereocenters. The summed E-state index contributed by atoms with van der Waals surface area (Å²) in [7, 11) is 1.68. The molecular formula is C23H26N6O5. The number of hydrogen-bond acceptors (Lipinski definition) is 6. The topological polar surface area (TPSA) is 153 Å². The summed E-state index contributed by atoms with van der Waals surface area (Å²) in [6.07, 6.45) is 2.23. The number of likely N-dealkylation sites (tertiary alicyclic amines) is 1. The quantitative estimate of drug-likeness (QED) is 0.457. The molecule has 11 heteroatoms. The number of nitrogens with one attached hydrogen (secondary N) is 2. The van der Waals surface area contributed by atoms with Gasteiger partial charge in [-0.05, 0) is 25.0 Å². The fourth-order valence-corrected chi connectivity index (χ4v) is 4.17. The van der Waals surface area contributed by atoms with Gasteiger partial charge in [-0.15, -0.1) is 0 Å². The van der Waals surface area contributed by atoms with Crippen LogP contribution >= 0.6 is 0 Å². The molecule has 4 amide bonds. The number of carbonyl (C=O) groups excluding carboxylic acids is 4. The number of fused-ring (bicyclic) bond motifs is 1. The molecule has 0 aliphatic carbocycles. The number of benzene rings is 1. The highest BCUT2D eigenvalue weighted by atomic mass is 16.3. The summed E-state index contributed by atoms with van der Waals surface area (Å²) in [4.78, 5) is 51.7. The van der Waals surface area contributed by atoms with Gasteiger partial charge in [-0.1, -0.05) is 25.1 Å². The zero-order valence-corrected chi connectivity index (χ0v) is 18.9. The van der Waals surface area contributed by atoms with Crippen molar-refractivity contribution in [3.8, 4) is 0 Å². The summed E-state index contributed by atoms with van der Waals surface area (Å²) in [6, 6.07) is 7.41. The second-order valence-electron chi connectivity index (χ2n) is 8.21. The van der Waals surface area contributed by atoms with E-state index in [0.717, 1.165) is 5.69 Å². The lowest BCUT2D eigenvalue weighted by Gasteiger charge is -2.23. The molecule has 2 aromatic heterocycles. The average Bonchev–Trinajstić information content (AvgIpc) is 3.53. The molecule has 0 saturated carbocycles. The highest BCUT2D eigenvalue weighted by molar-refractivity contribution is 6.07. The van der Waals surface area contributed by atoms with Crippen molar-refractivity contribution in [2.24, 2.45) is 12.8 Å². The van der Waals surface area contributed by atoms with Gasteiger partial charge >= 0.3 is 0 Å². The third-order valence-electron chi connectivity index (χ3n) is 5.87. The molecule has 0 spiro atoms. The molecular weight excluding hydrogens is 440 g/mol. The summed E-state index contributed by atoms with van der Waals surface area (Å²) >= 11 is 0. The van der Waals surface area contributed by atoms with Crippen molar-refractivity contribution in [3.05, 3.63) is 53.5 Å². The maximum Gasteiger partial charge on any atom is 0.269 e. The smallest absolute Gasteiger partial charge is 0.269 e. The predicted octanol–water partition coefficient (Wildman–Crippen LogP) is 0.343. The second-order valence-corrected chi connectivity index (χ2v) is 8.21. The minimum Gasteiger partial charge on any atom is -0.463 e. The molecule has 1 aliphatic heterocycles. The van der Waals surface area contributed by atoms with Gasteiger partial charge in [-0.3, -0.25) is 23.9 Å². The van der Waals surface area contributed by atoms with E-state index in [0.29, 0.717) is 28.6 Å². The number of aryl methyl sites for hydroxylation is 2. The van der Waals surface area contributed by atoms with Crippen molar-refractivity contribution in [2.75, 3.05) is 13.1 Å². The number of nitrogens with two attached hydrogens (primary N) is 1. The van der Waals surface area contributed by atoms with Gasteiger partial charge in [0.05, 0.1) is 17.8 Å². The molecule has 1 aliphatic rings. The van der Waals surface area contributed by atoms with Crippen LogP contribution in [0, 0.1) is 0 Å². The SMILES string of the molecule is CCc1cc(C(=O)N[C@@H]2C[C@@H](C(=O)NCC(N)=O)N(C(=O)c3coc4ccccc34)C2)n(C)n1. The van der Waals surface area contributed by atoms with E-state index in [9.17, 15) is 19.2 Å². The van der Waals surface area contributed by atoms with E-state index in [-0.39, 0.29) is 25.4 Å². The van der Waals surface area contributed by atoms with Gasteiger partial charge in [0, 0.05) is 25.0 Å². The number of primary amides is 1. The van der Waals surface area contributed by atoms with Gasteiger partial charge in [0.1, 0.15) is 23.6 Å². The predicted molar refractivity (Wildman–Crippen MR) is 122 cm³/mol. The number of rotatable bonds is 7. The van der Waals surface area contributed by atoms with Crippen LogP contribution in [0.5, 0.6) is 0 Å². The van der Waals surface area contributed by atoms with Crippen LogP contribution in [0.4, 0.5) is 0 Å². The summed E-state index contributed by atoms with van der Waals surface area (Å²) in [6.45, 7) is 1.70. The first-order valence-electron chi connectivity index (χ1n) is 11.0. The van der Waals surface area contributed by atoms with E-state index < -0.39 is 29.8 Å². The average molecular weight is 466 g/mol. The standard InChI is InChI=1S/C23H26N6O5/c1-3-13-8-17(28(2)27-13)22(32)26-14-9-18(21(31)25-10-20(24)30)29(11-14)23(33)16-12-34-19-7-5-4-6-15(16)19/h4-8,12,14,18H,3,9-11H2,1-2H3,(H2,24,30)(H,25,31)(H,26,32)/t14-,18+/m1/s1. The van der Waals surface area contributed by atoms with E-state index in [1.54, 1.807) is 37.4 Å². The van der Waals surface area contributed by atoms with Crippen molar-refractivity contribution >= 4 is 34.6 Å². The zero-order valence-electron chi connectivity index (χ0n) is 18.9. The molecule has 4 rings (SSSR count). The van der Waals surface area contributed by atoms with E-state index in [1.165, 1.54) is 15.8 Å². The number of hydrogen-bond donors (Lipinski definition) is 3. The molecule has 0 radical (unpaired) electrons. The second kappa shape index (κ2) is 9.38. The fraction of sp³-hybridized carbons (Fsp3) is 0.348. The number of furan rings is 1. The number of nitrogens with zero attached hydrogens (tertiary/aromatic N) is 3. The molecule has 1 saturated heterocycles. The molecule has 11 nitrogen and oxygen atoms in total. The van der Waals surface area contributed by atoms with Gasteiger partial charge in [-0.25, -0.2) is 0 Å². The van der Waals surface area contributed by atoms with E-state index in [4.69, 9.17) is 10.2 Å². The largest absolute Gasteiger partial charge is 0.463 e. The van der Waals surface area contributed by atoms with Crippen molar-refractivity contribution < 1.29 is 23.6 Å². The Kier molecular flexibility index (Phi) is 6.35. The Morgan fingerprint density at radius 3 is 2.71 bits per heavy atom. The van der Waals surface area contributed by atoms with Crippen molar-refractivity contribution in [1.29, 1.82) is 0 Å². The van der Waals surface area contributed by atoms with Gasteiger partial charge in [0.2, 0.25) is 11.8 Å². The van der Waals surface area contributed by atoms with Crippen molar-refractivity contribution in [1.82, 2.24) is 25.3 Å². The van der Waals surface area contributed by atoms with Crippen molar-refractivity contribution in [2.45, 2.75) is 31.8 Å². The summed E-state index contributed by atoms with van der Waals surface area (Å²) in [5.74, 6) is -1.97. The summed E-state index contributed by atoms with van der Waals surface area (Å²) in [5.41, 5.74) is 7.18. The molecule has 3 heterocycles. The summed E-state index contributed by atoms with van der Waals surface area (Å²) in [5, 5.41) is 10.3. The third kappa shape index (κ3) is 4.49. The van der Waals surface area contributed by atoms with Crippen LogP contribution < -0.4 is 16.4 Å². The first-order chi connectivity index (χ1) is 16.3. The molecule has 1 aromatic carbocycles. The van der Waals surface area contributed by atoms with E-state index in [2.05, 4.69) is 15.7 Å². The lowest BCUT2D eigenvalue weighted by molar-refractivity contribution is -0.127. The Labute approximate surface area is 195 Å².